The second-order valence-electron chi connectivity index (χ2n) is 6.10. The van der Waals surface area contributed by atoms with Crippen LogP contribution in [-0.2, 0) is 0 Å². The lowest BCUT2D eigenvalue weighted by Crippen LogP contribution is -2.38. The first-order valence-electron chi connectivity index (χ1n) is 8.01. The Kier molecular flexibility index (Phi) is 4.62. The smallest absolute Gasteiger partial charge is 0.271 e. The molecule has 0 spiro atoms. The number of hydrogen-bond donors (Lipinski definition) is 3. The van der Waals surface area contributed by atoms with Gasteiger partial charge in [0.05, 0.1) is 5.69 Å². The van der Waals surface area contributed by atoms with Gasteiger partial charge in [-0.3, -0.25) is 14.7 Å². The summed E-state index contributed by atoms with van der Waals surface area (Å²) in [7, 11) is 0. The van der Waals surface area contributed by atoms with Gasteiger partial charge in [-0.15, -0.1) is 0 Å². The van der Waals surface area contributed by atoms with Crippen molar-refractivity contribution in [2.75, 3.05) is 19.6 Å². The number of nitrogens with zero attached hydrogens (tertiary/aromatic N) is 1. The maximum absolute atomic E-state index is 12.2. The van der Waals surface area contributed by atoms with Crippen LogP contribution in [0, 0.1) is 12.8 Å². The largest absolute Gasteiger partial charge is 0.350 e. The van der Waals surface area contributed by atoms with E-state index in [0.29, 0.717) is 18.2 Å². The van der Waals surface area contributed by atoms with Gasteiger partial charge in [0.25, 0.3) is 11.5 Å². The van der Waals surface area contributed by atoms with Crippen LogP contribution < -0.4 is 16.2 Å². The third kappa shape index (κ3) is 3.71. The third-order valence-electron chi connectivity index (χ3n) is 4.21. The lowest BCUT2D eigenvalue weighted by molar-refractivity contribution is 0.0939. The Balaban J connectivity index is 1.68. The second kappa shape index (κ2) is 6.83. The van der Waals surface area contributed by atoms with E-state index in [4.69, 9.17) is 0 Å². The number of aryl methyl sites for hydroxylation is 1. The van der Waals surface area contributed by atoms with Crippen molar-refractivity contribution >= 4 is 5.91 Å². The Morgan fingerprint density at radius 1 is 1.35 bits per heavy atom. The topological polar surface area (TPSA) is 78.9 Å². The summed E-state index contributed by atoms with van der Waals surface area (Å²) in [6.45, 7) is 4.60. The van der Waals surface area contributed by atoms with E-state index >= 15 is 0 Å². The molecule has 0 bridgehead atoms. The van der Waals surface area contributed by atoms with Gasteiger partial charge >= 0.3 is 0 Å². The number of amides is 1. The molecule has 1 aliphatic rings. The number of aromatic nitrogens is 2. The molecule has 2 heterocycles. The van der Waals surface area contributed by atoms with Crippen molar-refractivity contribution in [3.05, 3.63) is 51.9 Å². The quantitative estimate of drug-likeness (QED) is 0.793. The van der Waals surface area contributed by atoms with E-state index in [1.165, 1.54) is 10.7 Å². The van der Waals surface area contributed by atoms with E-state index in [-0.39, 0.29) is 11.5 Å². The summed E-state index contributed by atoms with van der Waals surface area (Å²) in [6, 6.07) is 8.90. The SMILES string of the molecule is Cc1ccc(-n2[nH]c(C(=O)NCC3CCCNC3)cc2=O)cc1. The molecule has 3 N–H and O–H groups in total. The molecule has 1 fully saturated rings. The molecule has 23 heavy (non-hydrogen) atoms. The molecule has 3 rings (SSSR count). The summed E-state index contributed by atoms with van der Waals surface area (Å²) in [4.78, 5) is 24.3. The van der Waals surface area contributed by atoms with E-state index in [1.807, 2.05) is 31.2 Å². The highest BCUT2D eigenvalue weighted by Crippen LogP contribution is 2.09. The van der Waals surface area contributed by atoms with E-state index < -0.39 is 0 Å². The summed E-state index contributed by atoms with van der Waals surface area (Å²) in [5.74, 6) is 0.220. The van der Waals surface area contributed by atoms with E-state index in [9.17, 15) is 9.59 Å². The molecule has 1 aliphatic heterocycles. The first-order chi connectivity index (χ1) is 11.1. The lowest BCUT2D eigenvalue weighted by atomic mass is 10.00. The zero-order valence-corrected chi connectivity index (χ0v) is 13.3. The van der Waals surface area contributed by atoms with E-state index in [2.05, 4.69) is 15.7 Å². The molecular weight excluding hydrogens is 292 g/mol. The fourth-order valence-electron chi connectivity index (χ4n) is 2.83. The maximum atomic E-state index is 12.2. The Labute approximate surface area is 134 Å². The highest BCUT2D eigenvalue weighted by molar-refractivity contribution is 5.92. The van der Waals surface area contributed by atoms with Crippen LogP contribution in [0.25, 0.3) is 5.69 Å². The first kappa shape index (κ1) is 15.6. The Morgan fingerprint density at radius 2 is 2.13 bits per heavy atom. The summed E-state index contributed by atoms with van der Waals surface area (Å²) in [5.41, 5.74) is 1.89. The average molecular weight is 314 g/mol. The lowest BCUT2D eigenvalue weighted by Gasteiger charge is -2.22. The molecule has 1 atom stereocenters. The predicted molar refractivity (Wildman–Crippen MR) is 89.1 cm³/mol. The molecule has 2 aromatic rings. The predicted octanol–water partition coefficient (Wildman–Crippen LogP) is 1.20. The van der Waals surface area contributed by atoms with Crippen LogP contribution in [-0.4, -0.2) is 35.3 Å². The molecule has 1 saturated heterocycles. The van der Waals surface area contributed by atoms with Crippen LogP contribution in [0.15, 0.2) is 35.1 Å². The van der Waals surface area contributed by atoms with E-state index in [1.54, 1.807) is 0 Å². The number of benzene rings is 1. The van der Waals surface area contributed by atoms with Crippen molar-refractivity contribution < 1.29 is 4.79 Å². The van der Waals surface area contributed by atoms with Gasteiger partial charge in [0, 0.05) is 12.6 Å². The Morgan fingerprint density at radius 3 is 2.83 bits per heavy atom. The van der Waals surface area contributed by atoms with Crippen LogP contribution in [0.2, 0.25) is 0 Å². The van der Waals surface area contributed by atoms with Crippen LogP contribution in [0.3, 0.4) is 0 Å². The summed E-state index contributed by atoms with van der Waals surface area (Å²) in [5, 5.41) is 9.11. The van der Waals surface area contributed by atoms with Gasteiger partial charge in [-0.25, -0.2) is 4.68 Å². The Bertz CT molecular complexity index is 724. The minimum atomic E-state index is -0.238. The van der Waals surface area contributed by atoms with Gasteiger partial charge in [0.15, 0.2) is 0 Å². The van der Waals surface area contributed by atoms with Crippen LogP contribution >= 0.6 is 0 Å². The van der Waals surface area contributed by atoms with Crippen molar-refractivity contribution in [1.82, 2.24) is 20.4 Å². The molecule has 1 aromatic carbocycles. The Hall–Kier alpha value is -2.34. The van der Waals surface area contributed by atoms with Gasteiger partial charge in [-0.05, 0) is 50.9 Å². The zero-order valence-electron chi connectivity index (χ0n) is 13.3. The number of nitrogens with one attached hydrogen (secondary N) is 3. The molecule has 6 heteroatoms. The summed E-state index contributed by atoms with van der Waals surface area (Å²) < 4.78 is 1.39. The fourth-order valence-corrected chi connectivity index (χ4v) is 2.83. The summed E-state index contributed by atoms with van der Waals surface area (Å²) in [6.07, 6.45) is 2.26. The molecule has 1 unspecified atom stereocenters. The van der Waals surface area contributed by atoms with Gasteiger partial charge in [-0.1, -0.05) is 17.7 Å². The van der Waals surface area contributed by atoms with Crippen molar-refractivity contribution in [3.63, 3.8) is 0 Å². The van der Waals surface area contributed by atoms with Gasteiger partial charge in [0.1, 0.15) is 5.69 Å². The normalized spacial score (nSPS) is 17.9. The van der Waals surface area contributed by atoms with Crippen molar-refractivity contribution in [3.8, 4) is 5.69 Å². The van der Waals surface area contributed by atoms with E-state index in [0.717, 1.165) is 37.2 Å². The second-order valence-corrected chi connectivity index (χ2v) is 6.10. The summed E-state index contributed by atoms with van der Waals surface area (Å²) >= 11 is 0. The van der Waals surface area contributed by atoms with Gasteiger partial charge in [0.2, 0.25) is 0 Å². The number of H-pyrrole nitrogens is 1. The highest BCUT2D eigenvalue weighted by Gasteiger charge is 2.16. The van der Waals surface area contributed by atoms with Crippen LogP contribution in [0.1, 0.15) is 28.9 Å². The third-order valence-corrected chi connectivity index (χ3v) is 4.21. The average Bonchev–Trinajstić information content (AvgIpc) is 2.96. The van der Waals surface area contributed by atoms with Gasteiger partial charge < -0.3 is 10.6 Å². The highest BCUT2D eigenvalue weighted by atomic mass is 16.2. The maximum Gasteiger partial charge on any atom is 0.271 e. The number of carbonyl (C=O) groups is 1. The standard InChI is InChI=1S/C17H22N4O2/c1-12-4-6-14(7-5-12)21-16(22)9-15(20-21)17(23)19-11-13-3-2-8-18-10-13/h4-7,9,13,18,20H,2-3,8,10-11H2,1H3,(H,19,23). The first-order valence-corrected chi connectivity index (χ1v) is 8.01. The minimum Gasteiger partial charge on any atom is -0.350 e. The molecule has 0 aliphatic carbocycles. The number of rotatable bonds is 4. The monoisotopic (exact) mass is 314 g/mol. The molecule has 1 amide bonds. The molecule has 0 radical (unpaired) electrons. The molecule has 122 valence electrons. The molecular formula is C17H22N4O2. The molecule has 0 saturated carbocycles. The minimum absolute atomic E-state index is 0.237. The fraction of sp³-hybridized carbons (Fsp3) is 0.412. The number of carbonyl (C=O) groups excluding carboxylic acids is 1. The van der Waals surface area contributed by atoms with Crippen LogP contribution in [0.4, 0.5) is 0 Å². The van der Waals surface area contributed by atoms with Crippen molar-refractivity contribution in [2.45, 2.75) is 19.8 Å². The van der Waals surface area contributed by atoms with Crippen molar-refractivity contribution in [2.24, 2.45) is 5.92 Å². The molecule has 1 aromatic heterocycles. The van der Waals surface area contributed by atoms with Crippen molar-refractivity contribution in [1.29, 1.82) is 0 Å². The zero-order chi connectivity index (χ0) is 16.2. The van der Waals surface area contributed by atoms with Gasteiger partial charge in [-0.2, -0.15) is 0 Å². The number of hydrogen-bond acceptors (Lipinski definition) is 3. The van der Waals surface area contributed by atoms with Crippen LogP contribution in [0.5, 0.6) is 0 Å². The number of piperidine rings is 1. The number of aromatic amines is 1. The molecule has 6 nitrogen and oxygen atoms in total.